The van der Waals surface area contributed by atoms with Crippen molar-refractivity contribution in [2.75, 3.05) is 13.4 Å². The van der Waals surface area contributed by atoms with Crippen LogP contribution in [0.1, 0.15) is 31.4 Å². The largest absolute Gasteiger partial charge is 0.454 e. The number of hydrogen-bond acceptors (Lipinski definition) is 3. The molecular weight excluding hydrogens is 228 g/mol. The van der Waals surface area contributed by atoms with Gasteiger partial charge in [0.25, 0.3) is 0 Å². The van der Waals surface area contributed by atoms with E-state index in [0.717, 1.165) is 36.5 Å². The molecule has 0 aromatic heterocycles. The van der Waals surface area contributed by atoms with Gasteiger partial charge in [0.2, 0.25) is 6.79 Å². The first-order valence-corrected chi connectivity index (χ1v) is 6.42. The van der Waals surface area contributed by atoms with Gasteiger partial charge in [-0.15, -0.1) is 0 Å². The maximum absolute atomic E-state index is 5.94. The van der Waals surface area contributed by atoms with Crippen LogP contribution in [0.3, 0.4) is 0 Å². The molecule has 0 spiro atoms. The van der Waals surface area contributed by atoms with E-state index in [2.05, 4.69) is 19.6 Å². The molecule has 2 heterocycles. The Morgan fingerprint density at radius 3 is 2.94 bits per heavy atom. The fourth-order valence-electron chi connectivity index (χ4n) is 2.70. The van der Waals surface area contributed by atoms with Gasteiger partial charge in [0, 0.05) is 12.5 Å². The van der Waals surface area contributed by atoms with Crippen molar-refractivity contribution in [3.8, 4) is 11.5 Å². The van der Waals surface area contributed by atoms with E-state index in [0.29, 0.717) is 12.7 Å². The predicted molar refractivity (Wildman–Crippen MR) is 68.8 cm³/mol. The van der Waals surface area contributed by atoms with Crippen LogP contribution in [0.25, 0.3) is 0 Å². The molecule has 3 rings (SSSR count). The molecule has 2 aliphatic rings. The number of rotatable bonds is 2. The highest BCUT2D eigenvalue weighted by Crippen LogP contribution is 2.41. The SMILES string of the molecule is C=C(C)[C@@H]1CCCO[C@H]1c1ccc2c(c1)OCO2. The molecule has 0 radical (unpaired) electrons. The first kappa shape index (κ1) is 11.6. The Labute approximate surface area is 107 Å². The van der Waals surface area contributed by atoms with E-state index in [9.17, 15) is 0 Å². The first-order chi connectivity index (χ1) is 8.75. The highest BCUT2D eigenvalue weighted by atomic mass is 16.7. The van der Waals surface area contributed by atoms with Crippen LogP contribution in [0.4, 0.5) is 0 Å². The van der Waals surface area contributed by atoms with Crippen LogP contribution in [0.5, 0.6) is 11.5 Å². The standard InChI is InChI=1S/C15H18O3/c1-10(2)12-4-3-7-16-15(12)11-5-6-13-14(8-11)18-9-17-13/h5-6,8,12,15H,1,3-4,7,9H2,2H3/t12-,15-/m0/s1. The molecule has 1 fully saturated rings. The molecule has 3 nitrogen and oxygen atoms in total. The van der Waals surface area contributed by atoms with Crippen LogP contribution in [0.2, 0.25) is 0 Å². The van der Waals surface area contributed by atoms with Crippen molar-refractivity contribution in [2.24, 2.45) is 5.92 Å². The van der Waals surface area contributed by atoms with Crippen LogP contribution < -0.4 is 9.47 Å². The van der Waals surface area contributed by atoms with Crippen molar-refractivity contribution in [3.05, 3.63) is 35.9 Å². The number of fused-ring (bicyclic) bond motifs is 1. The minimum Gasteiger partial charge on any atom is -0.454 e. The van der Waals surface area contributed by atoms with E-state index >= 15 is 0 Å². The molecule has 0 unspecified atom stereocenters. The lowest BCUT2D eigenvalue weighted by Gasteiger charge is -2.32. The summed E-state index contributed by atoms with van der Waals surface area (Å²) in [5.74, 6) is 2.04. The summed E-state index contributed by atoms with van der Waals surface area (Å²) in [5, 5.41) is 0. The molecule has 1 aromatic rings. The summed E-state index contributed by atoms with van der Waals surface area (Å²) >= 11 is 0. The van der Waals surface area contributed by atoms with Gasteiger partial charge >= 0.3 is 0 Å². The molecule has 2 atom stereocenters. The summed E-state index contributed by atoms with van der Waals surface area (Å²) in [6.07, 6.45) is 2.36. The molecule has 2 aliphatic heterocycles. The van der Waals surface area contributed by atoms with Gasteiger partial charge < -0.3 is 14.2 Å². The summed E-state index contributed by atoms with van der Waals surface area (Å²) in [5.41, 5.74) is 2.35. The minimum atomic E-state index is 0.103. The predicted octanol–water partition coefficient (Wildman–Crippen LogP) is 3.46. The second-order valence-corrected chi connectivity index (χ2v) is 5.00. The molecule has 1 saturated heterocycles. The molecule has 96 valence electrons. The molecule has 0 aliphatic carbocycles. The lowest BCUT2D eigenvalue weighted by Crippen LogP contribution is -2.23. The molecule has 0 saturated carbocycles. The highest BCUT2D eigenvalue weighted by Gasteiger charge is 2.29. The van der Waals surface area contributed by atoms with Gasteiger partial charge in [-0.25, -0.2) is 0 Å². The summed E-state index contributed by atoms with van der Waals surface area (Å²) in [6.45, 7) is 7.31. The van der Waals surface area contributed by atoms with E-state index in [1.54, 1.807) is 0 Å². The zero-order valence-electron chi connectivity index (χ0n) is 10.6. The van der Waals surface area contributed by atoms with E-state index in [1.165, 1.54) is 5.57 Å². The Morgan fingerprint density at radius 1 is 1.28 bits per heavy atom. The molecule has 1 aromatic carbocycles. The minimum absolute atomic E-state index is 0.103. The van der Waals surface area contributed by atoms with Gasteiger partial charge in [-0.05, 0) is 37.5 Å². The Morgan fingerprint density at radius 2 is 2.11 bits per heavy atom. The van der Waals surface area contributed by atoms with Gasteiger partial charge in [-0.3, -0.25) is 0 Å². The lowest BCUT2D eigenvalue weighted by atomic mass is 9.85. The average Bonchev–Trinajstić information content (AvgIpc) is 2.85. The van der Waals surface area contributed by atoms with Crippen molar-refractivity contribution < 1.29 is 14.2 Å². The van der Waals surface area contributed by atoms with Crippen molar-refractivity contribution in [1.82, 2.24) is 0 Å². The van der Waals surface area contributed by atoms with E-state index in [1.807, 2.05) is 12.1 Å². The third-order valence-corrected chi connectivity index (χ3v) is 3.68. The first-order valence-electron chi connectivity index (χ1n) is 6.42. The number of ether oxygens (including phenoxy) is 3. The Kier molecular flexibility index (Phi) is 3.00. The van der Waals surface area contributed by atoms with Crippen molar-refractivity contribution >= 4 is 0 Å². The zero-order valence-corrected chi connectivity index (χ0v) is 10.6. The highest BCUT2D eigenvalue weighted by molar-refractivity contribution is 5.45. The van der Waals surface area contributed by atoms with Crippen molar-refractivity contribution in [2.45, 2.75) is 25.9 Å². The molecule has 0 amide bonds. The summed E-state index contributed by atoms with van der Waals surface area (Å²) in [6, 6.07) is 6.07. The summed E-state index contributed by atoms with van der Waals surface area (Å²) < 4.78 is 16.7. The maximum Gasteiger partial charge on any atom is 0.231 e. The third kappa shape index (κ3) is 1.99. The van der Waals surface area contributed by atoms with Crippen LogP contribution in [-0.4, -0.2) is 13.4 Å². The Balaban J connectivity index is 1.90. The van der Waals surface area contributed by atoms with Gasteiger partial charge in [0.1, 0.15) is 0 Å². The van der Waals surface area contributed by atoms with Crippen LogP contribution >= 0.6 is 0 Å². The van der Waals surface area contributed by atoms with Gasteiger partial charge in [-0.1, -0.05) is 18.2 Å². The number of benzene rings is 1. The average molecular weight is 246 g/mol. The second kappa shape index (κ2) is 4.65. The van der Waals surface area contributed by atoms with Crippen LogP contribution in [-0.2, 0) is 4.74 Å². The normalized spacial score (nSPS) is 26.1. The van der Waals surface area contributed by atoms with Crippen LogP contribution in [0, 0.1) is 5.92 Å². The third-order valence-electron chi connectivity index (χ3n) is 3.68. The molecule has 18 heavy (non-hydrogen) atoms. The number of hydrogen-bond donors (Lipinski definition) is 0. The summed E-state index contributed by atoms with van der Waals surface area (Å²) in [4.78, 5) is 0. The molecule has 0 bridgehead atoms. The van der Waals surface area contributed by atoms with Gasteiger partial charge in [0.15, 0.2) is 11.5 Å². The van der Waals surface area contributed by atoms with E-state index in [4.69, 9.17) is 14.2 Å². The maximum atomic E-state index is 5.94. The Hall–Kier alpha value is -1.48. The van der Waals surface area contributed by atoms with E-state index < -0.39 is 0 Å². The van der Waals surface area contributed by atoms with Crippen LogP contribution in [0.15, 0.2) is 30.4 Å². The fourth-order valence-corrected chi connectivity index (χ4v) is 2.70. The molecule has 0 N–H and O–H groups in total. The molecule has 3 heteroatoms. The van der Waals surface area contributed by atoms with Crippen molar-refractivity contribution in [3.63, 3.8) is 0 Å². The van der Waals surface area contributed by atoms with Gasteiger partial charge in [0.05, 0.1) is 6.10 Å². The zero-order chi connectivity index (χ0) is 12.5. The smallest absolute Gasteiger partial charge is 0.231 e. The van der Waals surface area contributed by atoms with Crippen molar-refractivity contribution in [1.29, 1.82) is 0 Å². The Bertz CT molecular complexity index is 467. The quantitative estimate of drug-likeness (QED) is 0.748. The monoisotopic (exact) mass is 246 g/mol. The van der Waals surface area contributed by atoms with E-state index in [-0.39, 0.29) is 6.10 Å². The van der Waals surface area contributed by atoms with Gasteiger partial charge in [-0.2, -0.15) is 0 Å². The molecular formula is C15H18O3. The second-order valence-electron chi connectivity index (χ2n) is 5.00. The lowest BCUT2D eigenvalue weighted by molar-refractivity contribution is -0.0160. The fraction of sp³-hybridized carbons (Fsp3) is 0.467. The summed E-state index contributed by atoms with van der Waals surface area (Å²) in [7, 11) is 0. The topological polar surface area (TPSA) is 27.7 Å².